The van der Waals surface area contributed by atoms with Crippen molar-refractivity contribution >= 4 is 9.84 Å². The number of nitrogens with two attached hydrogens (primary N) is 2. The first-order valence-electron chi connectivity index (χ1n) is 7.17. The summed E-state index contributed by atoms with van der Waals surface area (Å²) in [5.41, 5.74) is 13.5. The molecule has 1 aromatic carbocycles. The van der Waals surface area contributed by atoms with Gasteiger partial charge in [0.25, 0.3) is 0 Å². The number of aryl methyl sites for hydroxylation is 1. The van der Waals surface area contributed by atoms with Gasteiger partial charge in [-0.25, -0.2) is 8.42 Å². The van der Waals surface area contributed by atoms with Gasteiger partial charge in [0.1, 0.15) is 0 Å². The van der Waals surface area contributed by atoms with Gasteiger partial charge in [-0.1, -0.05) is 38.1 Å². The molecule has 0 aliphatic heterocycles. The van der Waals surface area contributed by atoms with E-state index in [1.807, 2.05) is 12.1 Å². The summed E-state index contributed by atoms with van der Waals surface area (Å²) < 4.78 is 24.6. The molecule has 2 rings (SSSR count). The first-order chi connectivity index (χ1) is 9.46. The van der Waals surface area contributed by atoms with E-state index < -0.39 is 20.5 Å². The van der Waals surface area contributed by atoms with Gasteiger partial charge in [0.15, 0.2) is 9.84 Å². The molecule has 0 bridgehead atoms. The third-order valence-corrected chi connectivity index (χ3v) is 7.00. The Labute approximate surface area is 121 Å². The molecule has 1 aromatic rings. The first kappa shape index (κ1) is 15.5. The van der Waals surface area contributed by atoms with Crippen LogP contribution in [0.2, 0.25) is 0 Å². The lowest BCUT2D eigenvalue weighted by atomic mass is 9.98. The molecule has 0 amide bonds. The largest absolute Gasteiger partial charge is 0.330 e. The third kappa shape index (κ3) is 2.28. The SMILES string of the molecule is CCc1ccc(C2C(S(=O)(=O)CC)C2(CN)CN)cc1. The average molecular weight is 296 g/mol. The first-order valence-corrected chi connectivity index (χ1v) is 8.89. The van der Waals surface area contributed by atoms with Crippen LogP contribution in [0.3, 0.4) is 0 Å². The van der Waals surface area contributed by atoms with Crippen molar-refractivity contribution in [2.75, 3.05) is 18.8 Å². The van der Waals surface area contributed by atoms with E-state index in [-0.39, 0.29) is 11.7 Å². The molecule has 2 unspecified atom stereocenters. The second-order valence-electron chi connectivity index (χ2n) is 5.59. The van der Waals surface area contributed by atoms with E-state index in [1.54, 1.807) is 6.92 Å². The topological polar surface area (TPSA) is 86.2 Å². The molecule has 20 heavy (non-hydrogen) atoms. The van der Waals surface area contributed by atoms with E-state index in [0.29, 0.717) is 13.1 Å². The smallest absolute Gasteiger partial charge is 0.154 e. The molecule has 0 heterocycles. The standard InChI is InChI=1S/C15H24N2O2S/c1-3-11-5-7-12(8-6-11)13-14(20(18,19)4-2)15(13,9-16)10-17/h5-8,13-14H,3-4,9-10,16-17H2,1-2H3. The molecule has 1 aliphatic rings. The fourth-order valence-electron chi connectivity index (χ4n) is 3.23. The molecule has 0 saturated heterocycles. The van der Waals surface area contributed by atoms with Gasteiger partial charge in [-0.3, -0.25) is 0 Å². The summed E-state index contributed by atoms with van der Waals surface area (Å²) in [6, 6.07) is 8.16. The molecule has 4 nitrogen and oxygen atoms in total. The fraction of sp³-hybridized carbons (Fsp3) is 0.600. The summed E-state index contributed by atoms with van der Waals surface area (Å²) in [4.78, 5) is 0. The van der Waals surface area contributed by atoms with Crippen molar-refractivity contribution in [1.82, 2.24) is 0 Å². The Morgan fingerprint density at radius 1 is 1.10 bits per heavy atom. The number of hydrogen-bond acceptors (Lipinski definition) is 4. The van der Waals surface area contributed by atoms with Crippen molar-refractivity contribution < 1.29 is 8.42 Å². The second-order valence-corrected chi connectivity index (χ2v) is 8.00. The molecule has 0 aromatic heterocycles. The van der Waals surface area contributed by atoms with Gasteiger partial charge in [-0.15, -0.1) is 0 Å². The quantitative estimate of drug-likeness (QED) is 0.821. The van der Waals surface area contributed by atoms with E-state index >= 15 is 0 Å². The Balaban J connectivity index is 2.38. The molecule has 112 valence electrons. The molecule has 1 aliphatic carbocycles. The van der Waals surface area contributed by atoms with Gasteiger partial charge in [0, 0.05) is 30.2 Å². The summed E-state index contributed by atoms with van der Waals surface area (Å²) in [6.45, 7) is 4.41. The summed E-state index contributed by atoms with van der Waals surface area (Å²) in [5.74, 6) is 0.0801. The minimum atomic E-state index is -3.13. The predicted octanol–water partition coefficient (Wildman–Crippen LogP) is 1.05. The van der Waals surface area contributed by atoms with Crippen molar-refractivity contribution in [1.29, 1.82) is 0 Å². The van der Waals surface area contributed by atoms with Crippen LogP contribution in [0.15, 0.2) is 24.3 Å². The van der Waals surface area contributed by atoms with Gasteiger partial charge in [-0.05, 0) is 17.5 Å². The zero-order chi connectivity index (χ0) is 15.0. The monoisotopic (exact) mass is 296 g/mol. The number of sulfone groups is 1. The van der Waals surface area contributed by atoms with E-state index in [1.165, 1.54) is 5.56 Å². The maximum Gasteiger partial charge on any atom is 0.154 e. The predicted molar refractivity (Wildman–Crippen MR) is 82.4 cm³/mol. The van der Waals surface area contributed by atoms with Crippen LogP contribution in [0.4, 0.5) is 0 Å². The Kier molecular flexibility index (Phi) is 4.23. The summed E-state index contributed by atoms with van der Waals surface area (Å²) in [7, 11) is -3.13. The van der Waals surface area contributed by atoms with Gasteiger partial charge in [0.2, 0.25) is 0 Å². The number of benzene rings is 1. The van der Waals surface area contributed by atoms with Crippen LogP contribution >= 0.6 is 0 Å². The maximum atomic E-state index is 12.3. The zero-order valence-corrected chi connectivity index (χ0v) is 13.0. The van der Waals surface area contributed by atoms with Gasteiger partial charge >= 0.3 is 0 Å². The van der Waals surface area contributed by atoms with Crippen LogP contribution in [0.5, 0.6) is 0 Å². The van der Waals surface area contributed by atoms with Crippen LogP contribution in [-0.2, 0) is 16.3 Å². The molecule has 2 atom stereocenters. The van der Waals surface area contributed by atoms with Crippen molar-refractivity contribution in [3.8, 4) is 0 Å². The highest BCUT2D eigenvalue weighted by atomic mass is 32.2. The molecule has 4 N–H and O–H groups in total. The molecule has 0 spiro atoms. The Morgan fingerprint density at radius 2 is 1.65 bits per heavy atom. The van der Waals surface area contributed by atoms with Gasteiger partial charge in [-0.2, -0.15) is 0 Å². The lowest BCUT2D eigenvalue weighted by Gasteiger charge is -2.12. The maximum absolute atomic E-state index is 12.3. The number of hydrogen-bond donors (Lipinski definition) is 2. The molecule has 0 radical (unpaired) electrons. The molecular weight excluding hydrogens is 272 g/mol. The fourth-order valence-corrected chi connectivity index (χ4v) is 5.41. The van der Waals surface area contributed by atoms with Crippen LogP contribution < -0.4 is 11.5 Å². The van der Waals surface area contributed by atoms with E-state index in [2.05, 4.69) is 19.1 Å². The highest BCUT2D eigenvalue weighted by Crippen LogP contribution is 2.61. The van der Waals surface area contributed by atoms with Crippen molar-refractivity contribution in [3.05, 3.63) is 35.4 Å². The molecular formula is C15H24N2O2S. The Hall–Kier alpha value is -0.910. The lowest BCUT2D eigenvalue weighted by Crippen LogP contribution is -2.31. The van der Waals surface area contributed by atoms with Crippen LogP contribution in [-0.4, -0.2) is 32.5 Å². The average Bonchev–Trinajstić information content (AvgIpc) is 3.18. The lowest BCUT2D eigenvalue weighted by molar-refractivity contribution is 0.510. The zero-order valence-electron chi connectivity index (χ0n) is 12.2. The van der Waals surface area contributed by atoms with Crippen LogP contribution in [0, 0.1) is 5.41 Å². The third-order valence-electron chi connectivity index (χ3n) is 4.68. The Bertz CT molecular complexity index is 562. The summed E-state index contributed by atoms with van der Waals surface area (Å²) in [5, 5.41) is -0.428. The highest BCUT2D eigenvalue weighted by molar-refractivity contribution is 7.92. The molecule has 5 heteroatoms. The molecule has 1 saturated carbocycles. The minimum Gasteiger partial charge on any atom is -0.330 e. The summed E-state index contributed by atoms with van der Waals surface area (Å²) >= 11 is 0. The minimum absolute atomic E-state index is 0.0617. The Morgan fingerprint density at radius 3 is 2.05 bits per heavy atom. The van der Waals surface area contributed by atoms with Crippen LogP contribution in [0.25, 0.3) is 0 Å². The van der Waals surface area contributed by atoms with E-state index in [9.17, 15) is 8.42 Å². The number of rotatable bonds is 6. The van der Waals surface area contributed by atoms with Crippen molar-refractivity contribution in [2.24, 2.45) is 16.9 Å². The van der Waals surface area contributed by atoms with Crippen molar-refractivity contribution in [2.45, 2.75) is 31.4 Å². The normalized spacial score (nSPS) is 24.6. The van der Waals surface area contributed by atoms with E-state index in [4.69, 9.17) is 11.5 Å². The van der Waals surface area contributed by atoms with Crippen LogP contribution in [0.1, 0.15) is 30.9 Å². The highest BCUT2D eigenvalue weighted by Gasteiger charge is 2.68. The van der Waals surface area contributed by atoms with Crippen molar-refractivity contribution in [3.63, 3.8) is 0 Å². The van der Waals surface area contributed by atoms with Gasteiger partial charge in [0.05, 0.1) is 5.25 Å². The summed E-state index contributed by atoms with van der Waals surface area (Å²) in [6.07, 6.45) is 0.973. The van der Waals surface area contributed by atoms with E-state index in [0.717, 1.165) is 12.0 Å². The molecule has 1 fully saturated rings. The second kappa shape index (κ2) is 5.47. The van der Waals surface area contributed by atoms with Gasteiger partial charge < -0.3 is 11.5 Å².